The summed E-state index contributed by atoms with van der Waals surface area (Å²) in [7, 11) is 0. The van der Waals surface area contributed by atoms with E-state index in [0.717, 1.165) is 20.5 Å². The molecule has 0 aliphatic heterocycles. The summed E-state index contributed by atoms with van der Waals surface area (Å²) in [5.41, 5.74) is 0.922. The van der Waals surface area contributed by atoms with Crippen LogP contribution in [0, 0.1) is 17.0 Å². The van der Waals surface area contributed by atoms with E-state index >= 15 is 0 Å². The Labute approximate surface area is 120 Å². The summed E-state index contributed by atoms with van der Waals surface area (Å²) in [6.07, 6.45) is 0.524. The molecule has 2 heterocycles. The highest BCUT2D eigenvalue weighted by Crippen LogP contribution is 2.31. The van der Waals surface area contributed by atoms with E-state index in [0.29, 0.717) is 6.42 Å². The van der Waals surface area contributed by atoms with Crippen LogP contribution in [0.15, 0.2) is 17.5 Å². The van der Waals surface area contributed by atoms with Crippen LogP contribution in [0.5, 0.6) is 0 Å². The fourth-order valence-corrected chi connectivity index (χ4v) is 3.22. The van der Waals surface area contributed by atoms with E-state index in [-0.39, 0.29) is 6.61 Å². The molecular formula is C12H16N2O3S2. The second kappa shape index (κ2) is 7.85. The summed E-state index contributed by atoms with van der Waals surface area (Å²) in [5.74, 6) is 0. The van der Waals surface area contributed by atoms with E-state index in [1.807, 2.05) is 38.3 Å². The highest BCUT2D eigenvalue weighted by Gasteiger charge is 2.10. The van der Waals surface area contributed by atoms with E-state index in [1.54, 1.807) is 22.7 Å². The van der Waals surface area contributed by atoms with Crippen molar-refractivity contribution in [2.45, 2.75) is 27.2 Å². The Morgan fingerprint density at radius 1 is 1.47 bits per heavy atom. The molecule has 0 atom stereocenters. The van der Waals surface area contributed by atoms with Crippen molar-refractivity contribution in [3.8, 4) is 9.88 Å². The maximum absolute atomic E-state index is 10.0. The minimum atomic E-state index is -0.767. The Balaban J connectivity index is 0.000000861. The summed E-state index contributed by atoms with van der Waals surface area (Å²) in [6.45, 7) is 6.00. The molecule has 0 radical (unpaired) electrons. The lowest BCUT2D eigenvalue weighted by Crippen LogP contribution is -2.04. The standard InChI is InChI=1S/C10H10N2O3S2.C2H6/c1-7-8(4-5-15-12(13)14)17-10(11-7)9-3-2-6-16-9;1-2/h2-3,6H,4-5H2,1H3;1-2H3. The molecule has 2 aromatic heterocycles. The van der Waals surface area contributed by atoms with Crippen molar-refractivity contribution >= 4 is 22.7 Å². The summed E-state index contributed by atoms with van der Waals surface area (Å²) >= 11 is 3.20. The predicted molar refractivity (Wildman–Crippen MR) is 78.2 cm³/mol. The van der Waals surface area contributed by atoms with Gasteiger partial charge in [-0.3, -0.25) is 0 Å². The van der Waals surface area contributed by atoms with E-state index in [2.05, 4.69) is 9.82 Å². The fraction of sp³-hybridized carbons (Fsp3) is 0.417. The van der Waals surface area contributed by atoms with E-state index in [1.165, 1.54) is 0 Å². The molecule has 104 valence electrons. The minimum absolute atomic E-state index is 0.0832. The fourth-order valence-electron chi connectivity index (χ4n) is 1.38. The van der Waals surface area contributed by atoms with Crippen molar-refractivity contribution in [3.63, 3.8) is 0 Å². The maximum Gasteiger partial charge on any atom is 0.294 e. The average molecular weight is 300 g/mol. The number of hydrogen-bond acceptors (Lipinski definition) is 6. The average Bonchev–Trinajstić information content (AvgIpc) is 3.01. The van der Waals surface area contributed by atoms with Crippen molar-refractivity contribution in [2.75, 3.05) is 6.61 Å². The molecule has 0 saturated heterocycles. The second-order valence-electron chi connectivity index (χ2n) is 3.31. The number of thiophene rings is 1. The Morgan fingerprint density at radius 2 is 2.21 bits per heavy atom. The minimum Gasteiger partial charge on any atom is -0.314 e. The molecule has 0 aliphatic rings. The van der Waals surface area contributed by atoms with Gasteiger partial charge in [0.25, 0.3) is 5.09 Å². The van der Waals surface area contributed by atoms with Gasteiger partial charge in [-0.1, -0.05) is 19.9 Å². The van der Waals surface area contributed by atoms with Crippen LogP contribution >= 0.6 is 22.7 Å². The van der Waals surface area contributed by atoms with Crippen LogP contribution in [-0.2, 0) is 11.3 Å². The van der Waals surface area contributed by atoms with Gasteiger partial charge in [0, 0.05) is 11.3 Å². The number of nitrogens with zero attached hydrogens (tertiary/aromatic N) is 2. The van der Waals surface area contributed by atoms with Crippen LogP contribution < -0.4 is 0 Å². The lowest BCUT2D eigenvalue weighted by molar-refractivity contribution is -0.757. The molecule has 19 heavy (non-hydrogen) atoms. The Bertz CT molecular complexity index is 509. The van der Waals surface area contributed by atoms with Gasteiger partial charge in [-0.05, 0) is 18.4 Å². The van der Waals surface area contributed by atoms with Gasteiger partial charge in [-0.25, -0.2) is 4.98 Å². The zero-order valence-corrected chi connectivity index (χ0v) is 12.7. The molecule has 2 rings (SSSR count). The second-order valence-corrected chi connectivity index (χ2v) is 5.34. The first kappa shape index (κ1) is 15.6. The molecule has 0 unspecified atom stereocenters. The molecule has 0 bridgehead atoms. The third-order valence-corrected chi connectivity index (χ3v) is 4.41. The molecule has 5 nitrogen and oxygen atoms in total. The van der Waals surface area contributed by atoms with Crippen LogP contribution in [0.4, 0.5) is 0 Å². The van der Waals surface area contributed by atoms with Gasteiger partial charge < -0.3 is 4.84 Å². The lowest BCUT2D eigenvalue weighted by atomic mass is 10.3. The third-order valence-electron chi connectivity index (χ3n) is 2.15. The first-order valence-electron chi connectivity index (χ1n) is 5.94. The molecule has 2 aromatic rings. The van der Waals surface area contributed by atoms with Gasteiger partial charge >= 0.3 is 0 Å². The molecular weight excluding hydrogens is 284 g/mol. The molecule has 0 aliphatic carbocycles. The Morgan fingerprint density at radius 3 is 2.79 bits per heavy atom. The van der Waals surface area contributed by atoms with Crippen LogP contribution in [0.2, 0.25) is 0 Å². The van der Waals surface area contributed by atoms with Crippen LogP contribution in [0.25, 0.3) is 9.88 Å². The highest BCUT2D eigenvalue weighted by atomic mass is 32.1. The molecule has 0 amide bonds. The maximum atomic E-state index is 10.0. The van der Waals surface area contributed by atoms with Crippen LogP contribution in [0.3, 0.4) is 0 Å². The summed E-state index contributed by atoms with van der Waals surface area (Å²) < 4.78 is 0. The largest absolute Gasteiger partial charge is 0.314 e. The zero-order chi connectivity index (χ0) is 14.3. The van der Waals surface area contributed by atoms with Crippen LogP contribution in [-0.4, -0.2) is 16.7 Å². The quantitative estimate of drug-likeness (QED) is 0.619. The number of rotatable bonds is 5. The lowest BCUT2D eigenvalue weighted by Gasteiger charge is -1.96. The summed E-state index contributed by atoms with van der Waals surface area (Å²) in [5, 5.41) is 12.2. The smallest absolute Gasteiger partial charge is 0.294 e. The SMILES string of the molecule is CC.Cc1nc(-c2cccs2)sc1CCO[N+](=O)[O-]. The number of hydrogen-bond donors (Lipinski definition) is 0. The van der Waals surface area contributed by atoms with Gasteiger partial charge in [0.05, 0.1) is 10.6 Å². The molecule has 0 saturated carbocycles. The Kier molecular flexibility index (Phi) is 6.44. The van der Waals surface area contributed by atoms with Crippen molar-refractivity contribution in [1.29, 1.82) is 0 Å². The first-order chi connectivity index (χ1) is 9.16. The van der Waals surface area contributed by atoms with Gasteiger partial charge in [0.15, 0.2) is 0 Å². The normalized spacial score (nSPS) is 9.63. The van der Waals surface area contributed by atoms with Crippen molar-refractivity contribution < 1.29 is 9.92 Å². The van der Waals surface area contributed by atoms with Gasteiger partial charge in [0.1, 0.15) is 11.6 Å². The number of aromatic nitrogens is 1. The van der Waals surface area contributed by atoms with E-state index in [4.69, 9.17) is 0 Å². The van der Waals surface area contributed by atoms with E-state index < -0.39 is 5.09 Å². The predicted octanol–water partition coefficient (Wildman–Crippen LogP) is 3.96. The third kappa shape index (κ3) is 4.60. The number of aryl methyl sites for hydroxylation is 1. The van der Waals surface area contributed by atoms with Crippen molar-refractivity contribution in [3.05, 3.63) is 38.2 Å². The van der Waals surface area contributed by atoms with E-state index in [9.17, 15) is 10.1 Å². The molecule has 0 fully saturated rings. The molecule has 7 heteroatoms. The first-order valence-corrected chi connectivity index (χ1v) is 7.64. The van der Waals surface area contributed by atoms with Gasteiger partial charge in [0.2, 0.25) is 0 Å². The zero-order valence-electron chi connectivity index (χ0n) is 11.1. The van der Waals surface area contributed by atoms with Gasteiger partial charge in [-0.2, -0.15) is 0 Å². The number of thiazole rings is 1. The van der Waals surface area contributed by atoms with Crippen molar-refractivity contribution in [2.24, 2.45) is 0 Å². The highest BCUT2D eigenvalue weighted by molar-refractivity contribution is 7.21. The molecule has 0 spiro atoms. The summed E-state index contributed by atoms with van der Waals surface area (Å²) in [4.78, 5) is 21.0. The van der Waals surface area contributed by atoms with Crippen molar-refractivity contribution in [1.82, 2.24) is 4.98 Å². The molecule has 0 aromatic carbocycles. The summed E-state index contributed by atoms with van der Waals surface area (Å²) in [6, 6.07) is 3.99. The van der Waals surface area contributed by atoms with Crippen LogP contribution in [0.1, 0.15) is 24.4 Å². The van der Waals surface area contributed by atoms with Gasteiger partial charge in [-0.15, -0.1) is 32.8 Å². The Hall–Kier alpha value is -1.47. The monoisotopic (exact) mass is 300 g/mol. The molecule has 0 N–H and O–H groups in total. The topological polar surface area (TPSA) is 65.3 Å².